The van der Waals surface area contributed by atoms with Crippen LogP contribution in [-0.4, -0.2) is 23.9 Å². The summed E-state index contributed by atoms with van der Waals surface area (Å²) >= 11 is 0. The summed E-state index contributed by atoms with van der Waals surface area (Å²) in [6, 6.07) is 10.2. The van der Waals surface area contributed by atoms with Crippen LogP contribution in [0.4, 0.5) is 0 Å². The molecule has 0 bridgehead atoms. The minimum absolute atomic E-state index is 0.389. The molecule has 0 aromatic heterocycles. The van der Waals surface area contributed by atoms with Gasteiger partial charge in [0.15, 0.2) is 0 Å². The first-order valence-corrected chi connectivity index (χ1v) is 4.92. The van der Waals surface area contributed by atoms with E-state index in [0.717, 1.165) is 6.42 Å². The summed E-state index contributed by atoms with van der Waals surface area (Å²) in [4.78, 5) is 0. The molecule has 0 aliphatic rings. The largest absolute Gasteiger partial charge is 0.388 e. The summed E-state index contributed by atoms with van der Waals surface area (Å²) in [5, 5.41) is 9.39. The Labute approximate surface area is 85.5 Å². The molecule has 0 aliphatic heterocycles. The molecule has 1 N–H and O–H groups in total. The van der Waals surface area contributed by atoms with Crippen LogP contribution in [0.5, 0.6) is 0 Å². The number of rotatable bonds is 5. The van der Waals surface area contributed by atoms with E-state index in [1.807, 2.05) is 18.2 Å². The first kappa shape index (κ1) is 11.2. The van der Waals surface area contributed by atoms with Gasteiger partial charge in [0.1, 0.15) is 0 Å². The van der Waals surface area contributed by atoms with Crippen LogP contribution in [0, 0.1) is 0 Å². The van der Waals surface area contributed by atoms with Gasteiger partial charge in [-0.1, -0.05) is 30.3 Å². The summed E-state index contributed by atoms with van der Waals surface area (Å²) in [6.07, 6.45) is 0.900. The van der Waals surface area contributed by atoms with Crippen molar-refractivity contribution in [2.45, 2.75) is 25.9 Å². The van der Waals surface area contributed by atoms with Crippen molar-refractivity contribution in [3.8, 4) is 0 Å². The quantitative estimate of drug-likeness (QED) is 0.727. The maximum atomic E-state index is 9.39. The van der Waals surface area contributed by atoms with Crippen molar-refractivity contribution in [3.05, 3.63) is 35.9 Å². The van der Waals surface area contributed by atoms with Crippen LogP contribution in [-0.2, 0) is 11.2 Å². The van der Waals surface area contributed by atoms with Gasteiger partial charge in [0.25, 0.3) is 0 Å². The summed E-state index contributed by atoms with van der Waals surface area (Å²) in [7, 11) is 0. The molecule has 0 aliphatic carbocycles. The monoisotopic (exact) mass is 194 g/mol. The van der Waals surface area contributed by atoms with Crippen molar-refractivity contribution in [3.63, 3.8) is 0 Å². The first-order valence-electron chi connectivity index (χ1n) is 4.92. The molecular weight excluding hydrogens is 176 g/mol. The fraction of sp³-hybridized carbons (Fsp3) is 0.500. The molecular formula is C12H18O2. The van der Waals surface area contributed by atoms with Crippen LogP contribution in [0.1, 0.15) is 19.4 Å². The highest BCUT2D eigenvalue weighted by atomic mass is 16.5. The Morgan fingerprint density at radius 1 is 1.21 bits per heavy atom. The van der Waals surface area contributed by atoms with Gasteiger partial charge in [-0.25, -0.2) is 0 Å². The summed E-state index contributed by atoms with van der Waals surface area (Å²) in [5.74, 6) is 0. The predicted octanol–water partition coefficient (Wildman–Crippen LogP) is 2.02. The van der Waals surface area contributed by atoms with Gasteiger partial charge in [0, 0.05) is 0 Å². The Hall–Kier alpha value is -0.860. The Bertz CT molecular complexity index is 249. The lowest BCUT2D eigenvalue weighted by Crippen LogP contribution is -2.26. The van der Waals surface area contributed by atoms with Crippen LogP contribution in [0.25, 0.3) is 0 Å². The molecule has 0 saturated carbocycles. The molecule has 0 heterocycles. The molecule has 0 spiro atoms. The molecule has 1 aromatic carbocycles. The summed E-state index contributed by atoms with van der Waals surface area (Å²) in [6.45, 7) is 4.54. The lowest BCUT2D eigenvalue weighted by molar-refractivity contribution is -0.0198. The van der Waals surface area contributed by atoms with Crippen molar-refractivity contribution < 1.29 is 9.84 Å². The lowest BCUT2D eigenvalue weighted by atomic mass is 10.1. The zero-order chi connectivity index (χ0) is 10.4. The zero-order valence-electron chi connectivity index (χ0n) is 8.86. The fourth-order valence-electron chi connectivity index (χ4n) is 1.16. The number of hydrogen-bond acceptors (Lipinski definition) is 2. The zero-order valence-corrected chi connectivity index (χ0v) is 8.86. The highest BCUT2D eigenvalue weighted by molar-refractivity contribution is 5.14. The Morgan fingerprint density at radius 2 is 1.86 bits per heavy atom. The minimum atomic E-state index is -0.726. The van der Waals surface area contributed by atoms with E-state index in [1.54, 1.807) is 13.8 Å². The van der Waals surface area contributed by atoms with Crippen LogP contribution in [0.2, 0.25) is 0 Å². The number of aliphatic hydroxyl groups is 1. The van der Waals surface area contributed by atoms with E-state index in [-0.39, 0.29) is 0 Å². The van der Waals surface area contributed by atoms with Gasteiger partial charge in [-0.15, -0.1) is 0 Å². The third-order valence-corrected chi connectivity index (χ3v) is 1.83. The molecule has 78 valence electrons. The van der Waals surface area contributed by atoms with Crippen LogP contribution in [0.3, 0.4) is 0 Å². The van der Waals surface area contributed by atoms with Crippen molar-refractivity contribution in [1.82, 2.24) is 0 Å². The van der Waals surface area contributed by atoms with Gasteiger partial charge in [0.2, 0.25) is 0 Å². The van der Waals surface area contributed by atoms with E-state index in [9.17, 15) is 5.11 Å². The van der Waals surface area contributed by atoms with Crippen LogP contribution >= 0.6 is 0 Å². The highest BCUT2D eigenvalue weighted by Crippen LogP contribution is 2.03. The fourth-order valence-corrected chi connectivity index (χ4v) is 1.16. The standard InChI is InChI=1S/C12H18O2/c1-12(2,13)10-14-9-8-11-6-4-3-5-7-11/h3-7,13H,8-10H2,1-2H3. The van der Waals surface area contributed by atoms with Crippen molar-refractivity contribution in [2.24, 2.45) is 0 Å². The second-order valence-electron chi connectivity index (χ2n) is 4.10. The maximum Gasteiger partial charge on any atom is 0.0824 e. The maximum absolute atomic E-state index is 9.39. The van der Waals surface area contributed by atoms with E-state index in [0.29, 0.717) is 13.2 Å². The molecule has 0 unspecified atom stereocenters. The van der Waals surface area contributed by atoms with Crippen molar-refractivity contribution in [2.75, 3.05) is 13.2 Å². The van der Waals surface area contributed by atoms with E-state index in [4.69, 9.17) is 4.74 Å². The lowest BCUT2D eigenvalue weighted by Gasteiger charge is -2.16. The van der Waals surface area contributed by atoms with Crippen molar-refractivity contribution >= 4 is 0 Å². The van der Waals surface area contributed by atoms with Gasteiger partial charge in [-0.3, -0.25) is 0 Å². The third kappa shape index (κ3) is 5.00. The molecule has 0 saturated heterocycles. The molecule has 0 radical (unpaired) electrons. The normalized spacial score (nSPS) is 11.6. The van der Waals surface area contributed by atoms with Gasteiger partial charge < -0.3 is 9.84 Å². The van der Waals surface area contributed by atoms with Gasteiger partial charge in [0.05, 0.1) is 18.8 Å². The topological polar surface area (TPSA) is 29.5 Å². The molecule has 2 heteroatoms. The Morgan fingerprint density at radius 3 is 2.43 bits per heavy atom. The van der Waals surface area contributed by atoms with Crippen LogP contribution < -0.4 is 0 Å². The minimum Gasteiger partial charge on any atom is -0.388 e. The predicted molar refractivity (Wildman–Crippen MR) is 57.3 cm³/mol. The van der Waals surface area contributed by atoms with E-state index < -0.39 is 5.60 Å². The number of hydrogen-bond donors (Lipinski definition) is 1. The molecule has 14 heavy (non-hydrogen) atoms. The number of benzene rings is 1. The average Bonchev–Trinajstić information content (AvgIpc) is 2.13. The van der Waals surface area contributed by atoms with Gasteiger partial charge in [-0.05, 0) is 25.8 Å². The average molecular weight is 194 g/mol. The molecule has 1 aromatic rings. The first-order chi connectivity index (χ1) is 6.58. The summed E-state index contributed by atoms with van der Waals surface area (Å²) in [5.41, 5.74) is 0.541. The Balaban J connectivity index is 2.17. The molecule has 0 atom stereocenters. The van der Waals surface area contributed by atoms with Gasteiger partial charge >= 0.3 is 0 Å². The smallest absolute Gasteiger partial charge is 0.0824 e. The Kier molecular flexibility index (Phi) is 4.11. The summed E-state index contributed by atoms with van der Waals surface area (Å²) < 4.78 is 5.35. The second kappa shape index (κ2) is 5.13. The SMILES string of the molecule is CC(C)(O)COCCc1ccccc1. The van der Waals surface area contributed by atoms with E-state index in [1.165, 1.54) is 5.56 Å². The van der Waals surface area contributed by atoms with E-state index in [2.05, 4.69) is 12.1 Å². The van der Waals surface area contributed by atoms with Gasteiger partial charge in [-0.2, -0.15) is 0 Å². The third-order valence-electron chi connectivity index (χ3n) is 1.83. The van der Waals surface area contributed by atoms with Crippen molar-refractivity contribution in [1.29, 1.82) is 0 Å². The highest BCUT2D eigenvalue weighted by Gasteiger charge is 2.11. The van der Waals surface area contributed by atoms with Crippen LogP contribution in [0.15, 0.2) is 30.3 Å². The molecule has 1 rings (SSSR count). The van der Waals surface area contributed by atoms with E-state index >= 15 is 0 Å². The second-order valence-corrected chi connectivity index (χ2v) is 4.10. The molecule has 2 nitrogen and oxygen atoms in total. The molecule has 0 amide bonds. The molecule has 0 fully saturated rings. The number of ether oxygens (including phenoxy) is 1.